The molecule has 0 aliphatic carbocycles. The molecule has 0 radical (unpaired) electrons. The van der Waals surface area contributed by atoms with Gasteiger partial charge in [0.05, 0.1) is 5.56 Å². The van der Waals surface area contributed by atoms with E-state index in [0.717, 1.165) is 20.9 Å². The van der Waals surface area contributed by atoms with E-state index in [-0.39, 0.29) is 0 Å². The van der Waals surface area contributed by atoms with Gasteiger partial charge in [-0.3, -0.25) is 0 Å². The highest BCUT2D eigenvalue weighted by Gasteiger charge is 2.13. The predicted octanol–water partition coefficient (Wildman–Crippen LogP) is 4.36. The minimum absolute atomic E-state index is 0.291. The van der Waals surface area contributed by atoms with E-state index in [0.29, 0.717) is 11.3 Å². The van der Waals surface area contributed by atoms with Crippen molar-refractivity contribution in [2.75, 3.05) is 0 Å². The monoisotopic (exact) mass is 314 g/mol. The summed E-state index contributed by atoms with van der Waals surface area (Å²) < 4.78 is 5.21. The Labute approximate surface area is 131 Å². The highest BCUT2D eigenvalue weighted by atomic mass is 32.2. The summed E-state index contributed by atoms with van der Waals surface area (Å²) in [4.78, 5) is 13.0. The number of carboxylic acids is 1. The molecule has 3 nitrogen and oxygen atoms in total. The fourth-order valence-electron chi connectivity index (χ4n) is 2.07. The molecule has 3 rings (SSSR count). The molecule has 2 aromatic carbocycles. The van der Waals surface area contributed by atoms with Crippen molar-refractivity contribution < 1.29 is 14.6 Å². The highest BCUT2D eigenvalue weighted by molar-refractivity contribution is 7.99. The van der Waals surface area contributed by atoms with Crippen molar-refractivity contribution in [3.05, 3.63) is 53.1 Å². The summed E-state index contributed by atoms with van der Waals surface area (Å²) in [7, 11) is 0. The Morgan fingerprint density at radius 2 is 1.90 bits per heavy atom. The van der Waals surface area contributed by atoms with Gasteiger partial charge >= 0.3 is 5.97 Å². The first kappa shape index (κ1) is 13.9. The molecule has 0 amide bonds. The maximum absolute atomic E-state index is 11.1. The Hall–Kier alpha value is -2.11. The molecule has 2 aromatic rings. The largest absolute Gasteiger partial charge is 0.478 e. The number of hydrogen-bond acceptors (Lipinski definition) is 4. The van der Waals surface area contributed by atoms with Crippen LogP contribution in [0.5, 0.6) is 5.75 Å². The van der Waals surface area contributed by atoms with Crippen LogP contribution in [0.15, 0.2) is 46.2 Å². The number of fused-ring (bicyclic) bond motifs is 2. The molecule has 1 aliphatic rings. The lowest BCUT2D eigenvalue weighted by Crippen LogP contribution is -1.96. The number of benzene rings is 2. The van der Waals surface area contributed by atoms with Crippen LogP contribution in [0.4, 0.5) is 0 Å². The lowest BCUT2D eigenvalue weighted by Gasteiger charge is -2.08. The van der Waals surface area contributed by atoms with Crippen molar-refractivity contribution in [1.82, 2.24) is 0 Å². The van der Waals surface area contributed by atoms with Crippen LogP contribution >= 0.6 is 24.0 Å². The predicted molar refractivity (Wildman–Crippen MR) is 87.2 cm³/mol. The second-order valence-corrected chi connectivity index (χ2v) is 5.68. The van der Waals surface area contributed by atoms with Crippen molar-refractivity contribution in [1.29, 1.82) is 0 Å². The summed E-state index contributed by atoms with van der Waals surface area (Å²) in [5.41, 5.74) is 3.53. The number of thiocarbonyl (C=S) groups is 1. The van der Waals surface area contributed by atoms with Crippen LogP contribution in [-0.4, -0.2) is 16.6 Å². The van der Waals surface area contributed by atoms with Crippen molar-refractivity contribution in [2.24, 2.45) is 0 Å². The number of rotatable bonds is 3. The van der Waals surface area contributed by atoms with Gasteiger partial charge in [-0.25, -0.2) is 4.79 Å². The van der Waals surface area contributed by atoms with E-state index in [1.54, 1.807) is 23.9 Å². The van der Waals surface area contributed by atoms with Gasteiger partial charge < -0.3 is 9.84 Å². The molecule has 0 atom stereocenters. The first-order chi connectivity index (χ1) is 10.2. The molecule has 0 spiro atoms. The molecule has 0 aromatic heterocycles. The normalized spacial score (nSPS) is 12.0. The first-order valence-corrected chi connectivity index (χ1v) is 7.44. The van der Waals surface area contributed by atoms with Gasteiger partial charge in [0.2, 0.25) is 0 Å². The van der Waals surface area contributed by atoms with E-state index in [1.807, 2.05) is 36.4 Å². The van der Waals surface area contributed by atoms with E-state index in [4.69, 9.17) is 9.84 Å². The standard InChI is InChI=1S/C16H10O3S2/c17-16(18)12-4-2-10-1-3-11-7-13(19-9-20)5-6-14(11)21-15(10)8-12/h1-9H,(H,17,18). The average Bonchev–Trinajstić information content (AvgIpc) is 2.65. The topological polar surface area (TPSA) is 46.5 Å². The zero-order valence-electron chi connectivity index (χ0n) is 10.8. The summed E-state index contributed by atoms with van der Waals surface area (Å²) in [5.74, 6) is -0.234. The minimum atomic E-state index is -0.920. The van der Waals surface area contributed by atoms with Gasteiger partial charge in [0.15, 0.2) is 5.55 Å². The summed E-state index contributed by atoms with van der Waals surface area (Å²) in [5, 5.41) is 9.09. The van der Waals surface area contributed by atoms with Crippen LogP contribution in [0.2, 0.25) is 0 Å². The molecule has 0 saturated heterocycles. The number of hydrogen-bond donors (Lipinski definition) is 1. The van der Waals surface area contributed by atoms with Gasteiger partial charge in [-0.2, -0.15) is 0 Å². The maximum Gasteiger partial charge on any atom is 0.335 e. The SMILES string of the molecule is O=C(O)c1ccc2c(c1)Sc1ccc(OC=S)cc1C=C2. The lowest BCUT2D eigenvalue weighted by molar-refractivity contribution is 0.0696. The molecule has 1 N–H and O–H groups in total. The summed E-state index contributed by atoms with van der Waals surface area (Å²) >= 11 is 6.23. The summed E-state index contributed by atoms with van der Waals surface area (Å²) in [6.45, 7) is 0. The zero-order chi connectivity index (χ0) is 14.8. The lowest BCUT2D eigenvalue weighted by atomic mass is 10.1. The fourth-order valence-corrected chi connectivity index (χ4v) is 3.24. The van der Waals surface area contributed by atoms with Crippen molar-refractivity contribution in [2.45, 2.75) is 9.79 Å². The Bertz CT molecular complexity index is 766. The van der Waals surface area contributed by atoms with Gasteiger partial charge in [0.1, 0.15) is 5.75 Å². The number of carbonyl (C=O) groups is 1. The van der Waals surface area contributed by atoms with Crippen LogP contribution in [-0.2, 0) is 0 Å². The van der Waals surface area contributed by atoms with Crippen LogP contribution < -0.4 is 4.74 Å². The van der Waals surface area contributed by atoms with Crippen molar-refractivity contribution in [3.8, 4) is 5.75 Å². The minimum Gasteiger partial charge on any atom is -0.478 e. The van der Waals surface area contributed by atoms with Gasteiger partial charge in [0, 0.05) is 9.79 Å². The maximum atomic E-state index is 11.1. The highest BCUT2D eigenvalue weighted by Crippen LogP contribution is 2.39. The second-order valence-electron chi connectivity index (χ2n) is 4.41. The van der Waals surface area contributed by atoms with Gasteiger partial charge in [-0.1, -0.05) is 30.0 Å². The van der Waals surface area contributed by atoms with Crippen molar-refractivity contribution in [3.63, 3.8) is 0 Å². The number of aromatic carboxylic acids is 1. The first-order valence-electron chi connectivity index (χ1n) is 6.15. The average molecular weight is 314 g/mol. The molecule has 5 heteroatoms. The summed E-state index contributed by atoms with van der Waals surface area (Å²) in [6, 6.07) is 10.8. The van der Waals surface area contributed by atoms with Gasteiger partial charge in [-0.05, 0) is 53.7 Å². The molecule has 0 saturated carbocycles. The number of carboxylic acid groups (broad SMARTS) is 1. The van der Waals surface area contributed by atoms with Gasteiger partial charge in [-0.15, -0.1) is 0 Å². The van der Waals surface area contributed by atoms with E-state index < -0.39 is 5.97 Å². The molecule has 21 heavy (non-hydrogen) atoms. The Kier molecular flexibility index (Phi) is 3.77. The zero-order valence-corrected chi connectivity index (χ0v) is 12.4. The molecule has 0 unspecified atom stereocenters. The van der Waals surface area contributed by atoms with Crippen LogP contribution in [0, 0.1) is 0 Å². The van der Waals surface area contributed by atoms with E-state index in [1.165, 1.54) is 5.55 Å². The molecular formula is C16H10O3S2. The molecule has 0 bridgehead atoms. The molecule has 104 valence electrons. The quantitative estimate of drug-likeness (QED) is 0.728. The van der Waals surface area contributed by atoms with Crippen LogP contribution in [0.25, 0.3) is 12.2 Å². The van der Waals surface area contributed by atoms with E-state index in [9.17, 15) is 4.79 Å². The van der Waals surface area contributed by atoms with Gasteiger partial charge in [0.25, 0.3) is 0 Å². The third-order valence-electron chi connectivity index (χ3n) is 3.09. The van der Waals surface area contributed by atoms with Crippen molar-refractivity contribution >= 4 is 47.7 Å². The number of ether oxygens (including phenoxy) is 1. The fraction of sp³-hybridized carbons (Fsp3) is 0. The second kappa shape index (κ2) is 5.71. The van der Waals surface area contributed by atoms with Crippen LogP contribution in [0.1, 0.15) is 21.5 Å². The smallest absolute Gasteiger partial charge is 0.335 e. The third kappa shape index (κ3) is 2.84. The molecule has 1 aliphatic heterocycles. The Morgan fingerprint density at radius 3 is 2.67 bits per heavy atom. The third-order valence-corrected chi connectivity index (χ3v) is 4.35. The summed E-state index contributed by atoms with van der Waals surface area (Å²) in [6.07, 6.45) is 3.96. The van der Waals surface area contributed by atoms with E-state index in [2.05, 4.69) is 12.2 Å². The molecule has 1 heterocycles. The molecular weight excluding hydrogens is 304 g/mol. The van der Waals surface area contributed by atoms with Crippen LogP contribution in [0.3, 0.4) is 0 Å². The van der Waals surface area contributed by atoms with E-state index >= 15 is 0 Å². The Balaban J connectivity index is 2.04. The molecule has 0 fully saturated rings. The Morgan fingerprint density at radius 1 is 1.10 bits per heavy atom.